The Kier molecular flexibility index (Phi) is 7.27. The predicted octanol–water partition coefficient (Wildman–Crippen LogP) is 5.78. The molecule has 174 valence electrons. The van der Waals surface area contributed by atoms with Crippen molar-refractivity contribution in [2.45, 2.75) is 46.1 Å². The normalized spacial score (nSPS) is 12.5. The number of benzene rings is 2. The number of amides is 2. The average Bonchev–Trinajstić information content (AvgIpc) is 3.20. The molecular weight excluding hydrogens is 444 g/mol. The fraction of sp³-hybridized carbons (Fsp3) is 0.320. The molecule has 0 bridgehead atoms. The highest BCUT2D eigenvalue weighted by atomic mass is 32.1. The Labute approximate surface area is 196 Å². The van der Waals surface area contributed by atoms with Crippen molar-refractivity contribution in [3.05, 3.63) is 70.6 Å². The molecule has 0 aliphatic rings. The zero-order chi connectivity index (χ0) is 24.3. The van der Waals surface area contributed by atoms with Gasteiger partial charge in [-0.05, 0) is 47.2 Å². The summed E-state index contributed by atoms with van der Waals surface area (Å²) >= 11 is 1.09. The third-order valence-electron chi connectivity index (χ3n) is 5.19. The molecule has 1 heterocycles. The van der Waals surface area contributed by atoms with E-state index in [0.717, 1.165) is 35.1 Å². The van der Waals surface area contributed by atoms with Crippen LogP contribution >= 0.6 is 11.3 Å². The molecule has 0 aliphatic carbocycles. The van der Waals surface area contributed by atoms with Crippen LogP contribution in [0.25, 0.3) is 11.3 Å². The fourth-order valence-electron chi connectivity index (χ4n) is 3.21. The highest BCUT2D eigenvalue weighted by Crippen LogP contribution is 2.28. The molecule has 0 aliphatic heterocycles. The number of aromatic nitrogens is 1. The van der Waals surface area contributed by atoms with Gasteiger partial charge in [0.25, 0.3) is 5.91 Å². The van der Waals surface area contributed by atoms with Crippen molar-refractivity contribution in [3.8, 4) is 11.3 Å². The van der Waals surface area contributed by atoms with Crippen LogP contribution in [0, 0.1) is 17.6 Å². The molecule has 8 heteroatoms. The third kappa shape index (κ3) is 6.01. The van der Waals surface area contributed by atoms with Crippen molar-refractivity contribution in [1.82, 2.24) is 10.3 Å². The third-order valence-corrected chi connectivity index (χ3v) is 5.95. The summed E-state index contributed by atoms with van der Waals surface area (Å²) in [5.74, 6) is -2.17. The van der Waals surface area contributed by atoms with E-state index < -0.39 is 23.6 Å². The number of rotatable bonds is 6. The van der Waals surface area contributed by atoms with E-state index in [2.05, 4.69) is 36.4 Å². The number of nitrogens with one attached hydrogen (secondary N) is 2. The van der Waals surface area contributed by atoms with Gasteiger partial charge in [0.2, 0.25) is 5.91 Å². The maximum atomic E-state index is 14.0. The van der Waals surface area contributed by atoms with Gasteiger partial charge in [-0.25, -0.2) is 13.8 Å². The van der Waals surface area contributed by atoms with Crippen LogP contribution in [-0.4, -0.2) is 22.8 Å². The van der Waals surface area contributed by atoms with E-state index in [1.807, 2.05) is 26.0 Å². The Morgan fingerprint density at radius 1 is 1.03 bits per heavy atom. The van der Waals surface area contributed by atoms with Crippen molar-refractivity contribution in [1.29, 1.82) is 0 Å². The number of hydrogen-bond acceptors (Lipinski definition) is 4. The number of carbonyl (C=O) groups is 2. The number of carbonyl (C=O) groups excluding carboxylic acids is 2. The van der Waals surface area contributed by atoms with Gasteiger partial charge in [-0.15, -0.1) is 11.3 Å². The van der Waals surface area contributed by atoms with E-state index in [0.29, 0.717) is 5.56 Å². The molecule has 0 radical (unpaired) electrons. The molecule has 3 rings (SSSR count). The van der Waals surface area contributed by atoms with Gasteiger partial charge in [0.1, 0.15) is 17.7 Å². The lowest BCUT2D eigenvalue weighted by molar-refractivity contribution is -0.118. The van der Waals surface area contributed by atoms with Gasteiger partial charge in [0, 0.05) is 16.5 Å². The summed E-state index contributed by atoms with van der Waals surface area (Å²) in [6.07, 6.45) is 0. The van der Waals surface area contributed by atoms with E-state index in [1.165, 1.54) is 5.38 Å². The van der Waals surface area contributed by atoms with Crippen LogP contribution < -0.4 is 10.6 Å². The minimum atomic E-state index is -0.807. The second-order valence-electron chi connectivity index (χ2n) is 9.17. The van der Waals surface area contributed by atoms with E-state index >= 15 is 0 Å². The highest BCUT2D eigenvalue weighted by molar-refractivity contribution is 7.14. The van der Waals surface area contributed by atoms with Crippen LogP contribution in [0.1, 0.15) is 50.5 Å². The average molecular weight is 472 g/mol. The van der Waals surface area contributed by atoms with E-state index in [1.54, 1.807) is 12.1 Å². The van der Waals surface area contributed by atoms with Gasteiger partial charge < -0.3 is 10.6 Å². The smallest absolute Gasteiger partial charge is 0.251 e. The minimum Gasteiger partial charge on any atom is -0.340 e. The second-order valence-corrected chi connectivity index (χ2v) is 10.0. The molecule has 2 N–H and O–H groups in total. The molecule has 1 atom stereocenters. The number of anilines is 1. The number of halogens is 2. The zero-order valence-corrected chi connectivity index (χ0v) is 20.0. The summed E-state index contributed by atoms with van der Waals surface area (Å²) in [6, 6.07) is 9.60. The van der Waals surface area contributed by atoms with Gasteiger partial charge >= 0.3 is 0 Å². The first-order valence-corrected chi connectivity index (χ1v) is 11.5. The fourth-order valence-corrected chi connectivity index (χ4v) is 3.93. The molecule has 33 heavy (non-hydrogen) atoms. The largest absolute Gasteiger partial charge is 0.340 e. The van der Waals surface area contributed by atoms with Crippen LogP contribution in [0.15, 0.2) is 47.8 Å². The number of thiazole rings is 1. The predicted molar refractivity (Wildman–Crippen MR) is 127 cm³/mol. The second kappa shape index (κ2) is 9.79. The van der Waals surface area contributed by atoms with Crippen molar-refractivity contribution < 1.29 is 18.4 Å². The van der Waals surface area contributed by atoms with Crippen LogP contribution in [0.5, 0.6) is 0 Å². The standard InChI is InChI=1S/C25H27F2N3O2S/c1-14(2)21(29-22(31)15-6-8-16(9-7-15)25(3,4)5)23(32)30-24-28-20(13-33-24)18-12-17(26)10-11-19(18)27/h6-14,21H,1-5H3,(H,29,31)(H,28,30,32)/t21-/m1/s1. The Bertz CT molecular complexity index is 1150. The molecule has 1 aromatic heterocycles. The quantitative estimate of drug-likeness (QED) is 0.479. The molecule has 0 saturated heterocycles. The van der Waals surface area contributed by atoms with E-state index in [4.69, 9.17) is 0 Å². The van der Waals surface area contributed by atoms with Crippen molar-refractivity contribution in [2.24, 2.45) is 5.92 Å². The minimum absolute atomic E-state index is 0.0131. The SMILES string of the molecule is CC(C)[C@@H](NC(=O)c1ccc(C(C)(C)C)cc1)C(=O)Nc1nc(-c2cc(F)ccc2F)cs1. The van der Waals surface area contributed by atoms with Crippen molar-refractivity contribution >= 4 is 28.3 Å². The van der Waals surface area contributed by atoms with E-state index in [-0.39, 0.29) is 33.6 Å². The first-order valence-electron chi connectivity index (χ1n) is 10.6. The molecule has 5 nitrogen and oxygen atoms in total. The van der Waals surface area contributed by atoms with E-state index in [9.17, 15) is 18.4 Å². The summed E-state index contributed by atoms with van der Waals surface area (Å²) in [5, 5.41) is 7.22. The monoisotopic (exact) mass is 471 g/mol. The van der Waals surface area contributed by atoms with Gasteiger partial charge in [-0.1, -0.05) is 46.8 Å². The lowest BCUT2D eigenvalue weighted by Gasteiger charge is -2.22. The highest BCUT2D eigenvalue weighted by Gasteiger charge is 2.26. The van der Waals surface area contributed by atoms with Gasteiger partial charge in [-0.3, -0.25) is 9.59 Å². The molecule has 0 unspecified atom stereocenters. The van der Waals surface area contributed by atoms with Gasteiger partial charge in [-0.2, -0.15) is 0 Å². The molecule has 0 saturated carbocycles. The molecule has 2 aromatic carbocycles. The topological polar surface area (TPSA) is 71.1 Å². The summed E-state index contributed by atoms with van der Waals surface area (Å²) in [5.41, 5.74) is 1.76. The summed E-state index contributed by atoms with van der Waals surface area (Å²) in [7, 11) is 0. The lowest BCUT2D eigenvalue weighted by Crippen LogP contribution is -2.47. The zero-order valence-electron chi connectivity index (χ0n) is 19.2. The summed E-state index contributed by atoms with van der Waals surface area (Å²) in [4.78, 5) is 29.8. The van der Waals surface area contributed by atoms with Crippen LogP contribution in [0.2, 0.25) is 0 Å². The van der Waals surface area contributed by atoms with Crippen LogP contribution in [-0.2, 0) is 10.2 Å². The Morgan fingerprint density at radius 2 is 1.70 bits per heavy atom. The first-order chi connectivity index (χ1) is 15.5. The van der Waals surface area contributed by atoms with Crippen molar-refractivity contribution in [2.75, 3.05) is 5.32 Å². The van der Waals surface area contributed by atoms with Gasteiger partial charge in [0.05, 0.1) is 5.69 Å². The first kappa shape index (κ1) is 24.5. The Morgan fingerprint density at radius 3 is 2.30 bits per heavy atom. The molecule has 3 aromatic rings. The molecule has 0 fully saturated rings. The summed E-state index contributed by atoms with van der Waals surface area (Å²) < 4.78 is 27.5. The van der Waals surface area contributed by atoms with Crippen molar-refractivity contribution in [3.63, 3.8) is 0 Å². The number of nitrogens with zero attached hydrogens (tertiary/aromatic N) is 1. The maximum absolute atomic E-state index is 14.0. The Hall–Kier alpha value is -3.13. The van der Waals surface area contributed by atoms with Gasteiger partial charge in [0.15, 0.2) is 5.13 Å². The maximum Gasteiger partial charge on any atom is 0.251 e. The molecule has 2 amide bonds. The Balaban J connectivity index is 1.71. The van der Waals surface area contributed by atoms with Crippen LogP contribution in [0.3, 0.4) is 0 Å². The summed E-state index contributed by atoms with van der Waals surface area (Å²) in [6.45, 7) is 9.92. The van der Waals surface area contributed by atoms with Crippen LogP contribution in [0.4, 0.5) is 13.9 Å². The molecular formula is C25H27F2N3O2S. The molecule has 0 spiro atoms. The number of hydrogen-bond donors (Lipinski definition) is 2. The lowest BCUT2D eigenvalue weighted by atomic mass is 9.86.